The second-order valence-electron chi connectivity index (χ2n) is 11.2. The Morgan fingerprint density at radius 2 is 1.46 bits per heavy atom. The summed E-state index contributed by atoms with van der Waals surface area (Å²) in [7, 11) is 0. The summed E-state index contributed by atoms with van der Waals surface area (Å²) in [4.78, 5) is 25.0. The van der Waals surface area contributed by atoms with E-state index in [2.05, 4.69) is 5.32 Å². The van der Waals surface area contributed by atoms with Crippen molar-refractivity contribution in [3.63, 3.8) is 0 Å². The van der Waals surface area contributed by atoms with Crippen molar-refractivity contribution >= 4 is 11.9 Å². The molecule has 4 bridgehead atoms. The number of carbonyl (C=O) groups is 2. The summed E-state index contributed by atoms with van der Waals surface area (Å²) in [5, 5.41) is 14.7. The Morgan fingerprint density at radius 1 is 0.892 bits per heavy atom. The van der Waals surface area contributed by atoms with Gasteiger partial charge in [0.15, 0.2) is 0 Å². The molecule has 2 aromatic carbocycles. The van der Waals surface area contributed by atoms with Gasteiger partial charge in [0, 0.05) is 12.5 Å². The van der Waals surface area contributed by atoms with Gasteiger partial charge in [-0.25, -0.2) is 4.79 Å². The normalized spacial score (nSPS) is 27.4. The number of hydrogen-bond donors (Lipinski definition) is 2. The molecule has 37 heavy (non-hydrogen) atoms. The molecule has 0 aromatic heterocycles. The van der Waals surface area contributed by atoms with Crippen LogP contribution in [0.1, 0.15) is 68.3 Å². The Kier molecular flexibility index (Phi) is 7.57. The lowest BCUT2D eigenvalue weighted by Gasteiger charge is -2.58. The molecule has 198 valence electrons. The van der Waals surface area contributed by atoms with Gasteiger partial charge in [0.25, 0.3) is 5.91 Å². The molecule has 4 saturated carbocycles. The van der Waals surface area contributed by atoms with E-state index in [0.29, 0.717) is 54.9 Å². The lowest BCUT2D eigenvalue weighted by molar-refractivity contribution is -0.171. The first-order valence-electron chi connectivity index (χ1n) is 13.9. The lowest BCUT2D eigenvalue weighted by atomic mass is 9.48. The molecule has 2 N–H and O–H groups in total. The summed E-state index contributed by atoms with van der Waals surface area (Å²) in [6.45, 7) is 4.56. The van der Waals surface area contributed by atoms with Crippen LogP contribution in [0.5, 0.6) is 11.5 Å². The molecule has 0 radical (unpaired) electrons. The maximum absolute atomic E-state index is 13.3. The van der Waals surface area contributed by atoms with E-state index < -0.39 is 5.60 Å². The maximum atomic E-state index is 13.3. The van der Waals surface area contributed by atoms with Crippen LogP contribution in [0.4, 0.5) is 0 Å². The Morgan fingerprint density at radius 3 is 2.00 bits per heavy atom. The van der Waals surface area contributed by atoms with E-state index in [4.69, 9.17) is 9.47 Å². The second kappa shape index (κ2) is 10.9. The lowest BCUT2D eigenvalue weighted by Crippen LogP contribution is -2.60. The van der Waals surface area contributed by atoms with Gasteiger partial charge < -0.3 is 19.9 Å². The molecule has 0 saturated heterocycles. The topological polar surface area (TPSA) is 84.9 Å². The number of aliphatic hydroxyl groups is 1. The number of benzene rings is 2. The van der Waals surface area contributed by atoms with Crippen molar-refractivity contribution in [3.05, 3.63) is 59.7 Å². The van der Waals surface area contributed by atoms with Gasteiger partial charge in [0.05, 0.1) is 12.2 Å². The first kappa shape index (κ1) is 25.8. The SMILES string of the molecule is CCOC(=O)c1ccc(Oc2ccc(CCNC(=O)C(O)(CC)C3C4CC5CC(C4)CC3C5)cc2)cc1. The van der Waals surface area contributed by atoms with Crippen molar-refractivity contribution in [1.29, 1.82) is 0 Å². The van der Waals surface area contributed by atoms with Crippen LogP contribution in [-0.4, -0.2) is 35.7 Å². The van der Waals surface area contributed by atoms with Gasteiger partial charge in [-0.05, 0) is 118 Å². The molecule has 1 atom stereocenters. The van der Waals surface area contributed by atoms with Crippen LogP contribution < -0.4 is 10.1 Å². The molecule has 6 rings (SSSR count). The van der Waals surface area contributed by atoms with Crippen molar-refractivity contribution in [1.82, 2.24) is 5.32 Å². The smallest absolute Gasteiger partial charge is 0.338 e. The Labute approximate surface area is 219 Å². The molecule has 0 heterocycles. The van der Waals surface area contributed by atoms with Crippen molar-refractivity contribution in [2.45, 2.75) is 64.4 Å². The van der Waals surface area contributed by atoms with E-state index >= 15 is 0 Å². The highest BCUT2D eigenvalue weighted by molar-refractivity contribution is 5.89. The van der Waals surface area contributed by atoms with E-state index in [0.717, 1.165) is 17.4 Å². The average Bonchev–Trinajstić information content (AvgIpc) is 2.89. The molecule has 6 nitrogen and oxygen atoms in total. The minimum absolute atomic E-state index is 0.105. The van der Waals surface area contributed by atoms with Crippen LogP contribution in [0.15, 0.2) is 48.5 Å². The third-order valence-electron chi connectivity index (χ3n) is 8.93. The predicted molar refractivity (Wildman–Crippen MR) is 141 cm³/mol. The van der Waals surface area contributed by atoms with Crippen molar-refractivity contribution in [2.24, 2.45) is 29.6 Å². The molecule has 1 amide bonds. The average molecular weight is 506 g/mol. The minimum Gasteiger partial charge on any atom is -0.462 e. The van der Waals surface area contributed by atoms with E-state index in [1.165, 1.54) is 32.1 Å². The van der Waals surface area contributed by atoms with Gasteiger partial charge >= 0.3 is 5.97 Å². The summed E-state index contributed by atoms with van der Waals surface area (Å²) in [5.41, 5.74) is 0.313. The molecule has 0 aliphatic heterocycles. The first-order chi connectivity index (χ1) is 17.9. The molecule has 1 unspecified atom stereocenters. The molecule has 2 aromatic rings. The molecule has 0 spiro atoms. The quantitative estimate of drug-likeness (QED) is 0.415. The molecule has 4 fully saturated rings. The molecule has 4 aliphatic carbocycles. The molecular weight excluding hydrogens is 466 g/mol. The van der Waals surface area contributed by atoms with E-state index in [-0.39, 0.29) is 17.8 Å². The minimum atomic E-state index is -1.26. The number of amides is 1. The first-order valence-corrected chi connectivity index (χ1v) is 13.9. The summed E-state index contributed by atoms with van der Waals surface area (Å²) in [6.07, 6.45) is 7.28. The number of hydrogen-bond acceptors (Lipinski definition) is 5. The van der Waals surface area contributed by atoms with Gasteiger partial charge in [0.1, 0.15) is 17.1 Å². The Hall–Kier alpha value is -2.86. The second-order valence-corrected chi connectivity index (χ2v) is 11.2. The summed E-state index contributed by atoms with van der Waals surface area (Å²) < 4.78 is 10.9. The van der Waals surface area contributed by atoms with Crippen LogP contribution in [0.25, 0.3) is 0 Å². The van der Waals surface area contributed by atoms with Gasteiger partial charge in [-0.1, -0.05) is 19.1 Å². The zero-order valence-electron chi connectivity index (χ0n) is 21.9. The fourth-order valence-corrected chi connectivity index (χ4v) is 7.46. The van der Waals surface area contributed by atoms with Crippen LogP contribution in [0, 0.1) is 29.6 Å². The van der Waals surface area contributed by atoms with Crippen LogP contribution >= 0.6 is 0 Å². The van der Waals surface area contributed by atoms with Crippen molar-refractivity contribution < 1.29 is 24.2 Å². The van der Waals surface area contributed by atoms with Crippen LogP contribution in [0.2, 0.25) is 0 Å². The molecule has 4 aliphatic rings. The van der Waals surface area contributed by atoms with Gasteiger partial charge in [-0.3, -0.25) is 4.79 Å². The van der Waals surface area contributed by atoms with Gasteiger partial charge in [-0.2, -0.15) is 0 Å². The highest BCUT2D eigenvalue weighted by atomic mass is 16.5. The number of ether oxygens (including phenoxy) is 2. The fraction of sp³-hybridized carbons (Fsp3) is 0.548. The van der Waals surface area contributed by atoms with Crippen LogP contribution in [0.3, 0.4) is 0 Å². The maximum Gasteiger partial charge on any atom is 0.338 e. The summed E-state index contributed by atoms with van der Waals surface area (Å²) >= 11 is 0. The Balaban J connectivity index is 1.12. The standard InChI is InChI=1S/C31H39NO5/c1-3-31(35,28-24-16-21-15-22(18-24)19-25(28)17-21)30(34)32-14-13-20-5-9-26(10-6-20)37-27-11-7-23(8-12-27)29(33)36-4-2/h5-12,21-22,24-25,28,35H,3-4,13-19H2,1-2H3,(H,32,34). The van der Waals surface area contributed by atoms with E-state index in [1.807, 2.05) is 31.2 Å². The number of nitrogens with one attached hydrogen (secondary N) is 1. The zero-order valence-corrected chi connectivity index (χ0v) is 21.9. The van der Waals surface area contributed by atoms with Gasteiger partial charge in [0.2, 0.25) is 0 Å². The zero-order chi connectivity index (χ0) is 26.0. The Bertz CT molecular complexity index is 1070. The highest BCUT2D eigenvalue weighted by Gasteiger charge is 2.57. The van der Waals surface area contributed by atoms with Gasteiger partial charge in [-0.15, -0.1) is 0 Å². The predicted octanol–water partition coefficient (Wildman–Crippen LogP) is 5.53. The summed E-state index contributed by atoms with van der Waals surface area (Å²) in [5.74, 6) is 3.53. The monoisotopic (exact) mass is 505 g/mol. The fourth-order valence-electron chi connectivity index (χ4n) is 7.46. The van der Waals surface area contributed by atoms with Crippen LogP contribution in [-0.2, 0) is 16.0 Å². The van der Waals surface area contributed by atoms with Crippen molar-refractivity contribution in [3.8, 4) is 11.5 Å². The number of esters is 1. The molecule has 6 heteroatoms. The summed E-state index contributed by atoms with van der Waals surface area (Å²) in [6, 6.07) is 14.6. The third-order valence-corrected chi connectivity index (χ3v) is 8.93. The number of carbonyl (C=O) groups excluding carboxylic acids is 2. The third kappa shape index (κ3) is 5.40. The molecular formula is C31H39NO5. The number of rotatable bonds is 10. The van der Waals surface area contributed by atoms with Crippen molar-refractivity contribution in [2.75, 3.05) is 13.2 Å². The highest BCUT2D eigenvalue weighted by Crippen LogP contribution is 2.59. The van der Waals surface area contributed by atoms with E-state index in [9.17, 15) is 14.7 Å². The van der Waals surface area contributed by atoms with E-state index in [1.54, 1.807) is 31.2 Å². The largest absolute Gasteiger partial charge is 0.462 e.